The van der Waals surface area contributed by atoms with Crippen LogP contribution in [-0.2, 0) is 25.9 Å². The van der Waals surface area contributed by atoms with Crippen molar-refractivity contribution < 1.29 is 9.47 Å². The molecule has 0 saturated heterocycles. The van der Waals surface area contributed by atoms with Crippen molar-refractivity contribution >= 4 is 0 Å². The maximum atomic E-state index is 5.47. The standard InChI is InChI=1S/C19H21NO2/c1-2-15-4-3-5-16-12-20(9-8-17(15)16)11-14-6-7-18-19(10-14)22-13-21-18/h3-7,10H,2,8-9,11-13H2,1H3. The quantitative estimate of drug-likeness (QED) is 0.864. The molecule has 0 aliphatic carbocycles. The maximum Gasteiger partial charge on any atom is 0.231 e. The highest BCUT2D eigenvalue weighted by Crippen LogP contribution is 2.33. The molecule has 2 heterocycles. The van der Waals surface area contributed by atoms with E-state index in [1.54, 1.807) is 5.56 Å². The molecule has 0 radical (unpaired) electrons. The van der Waals surface area contributed by atoms with Gasteiger partial charge in [0.1, 0.15) is 0 Å². The molecule has 0 fully saturated rings. The van der Waals surface area contributed by atoms with Gasteiger partial charge in [-0.3, -0.25) is 4.90 Å². The molecule has 4 rings (SSSR count). The van der Waals surface area contributed by atoms with Gasteiger partial charge < -0.3 is 9.47 Å². The predicted molar refractivity (Wildman–Crippen MR) is 86.2 cm³/mol. The van der Waals surface area contributed by atoms with Crippen molar-refractivity contribution in [1.29, 1.82) is 0 Å². The molecule has 2 aliphatic heterocycles. The topological polar surface area (TPSA) is 21.7 Å². The number of ether oxygens (including phenoxy) is 2. The number of nitrogens with zero attached hydrogens (tertiary/aromatic N) is 1. The smallest absolute Gasteiger partial charge is 0.231 e. The Labute approximate surface area is 131 Å². The van der Waals surface area contributed by atoms with E-state index in [2.05, 4.69) is 42.2 Å². The minimum Gasteiger partial charge on any atom is -0.454 e. The summed E-state index contributed by atoms with van der Waals surface area (Å²) in [6.07, 6.45) is 2.29. The Morgan fingerprint density at radius 3 is 2.91 bits per heavy atom. The summed E-state index contributed by atoms with van der Waals surface area (Å²) in [6.45, 7) is 5.72. The van der Waals surface area contributed by atoms with Crippen LogP contribution in [0.5, 0.6) is 11.5 Å². The average Bonchev–Trinajstić information content (AvgIpc) is 3.01. The van der Waals surface area contributed by atoms with Crippen LogP contribution in [0, 0.1) is 0 Å². The van der Waals surface area contributed by atoms with Gasteiger partial charge in [-0.05, 0) is 47.2 Å². The van der Waals surface area contributed by atoms with Gasteiger partial charge in [0.25, 0.3) is 0 Å². The molecule has 114 valence electrons. The van der Waals surface area contributed by atoms with E-state index in [-0.39, 0.29) is 0 Å². The molecular weight excluding hydrogens is 274 g/mol. The van der Waals surface area contributed by atoms with Crippen LogP contribution in [0.3, 0.4) is 0 Å². The van der Waals surface area contributed by atoms with Crippen LogP contribution in [0.4, 0.5) is 0 Å². The van der Waals surface area contributed by atoms with Crippen LogP contribution in [-0.4, -0.2) is 18.2 Å². The number of rotatable bonds is 3. The number of hydrogen-bond acceptors (Lipinski definition) is 3. The molecule has 2 aromatic carbocycles. The van der Waals surface area contributed by atoms with Crippen molar-refractivity contribution in [2.24, 2.45) is 0 Å². The highest BCUT2D eigenvalue weighted by molar-refractivity contribution is 5.44. The van der Waals surface area contributed by atoms with E-state index in [1.165, 1.54) is 16.7 Å². The normalized spacial score (nSPS) is 16.6. The Balaban J connectivity index is 1.51. The summed E-state index contributed by atoms with van der Waals surface area (Å²) >= 11 is 0. The molecule has 22 heavy (non-hydrogen) atoms. The van der Waals surface area contributed by atoms with Crippen molar-refractivity contribution in [3.8, 4) is 11.5 Å². The Morgan fingerprint density at radius 2 is 2.00 bits per heavy atom. The molecule has 3 nitrogen and oxygen atoms in total. The van der Waals surface area contributed by atoms with E-state index >= 15 is 0 Å². The molecule has 0 bridgehead atoms. The van der Waals surface area contributed by atoms with Gasteiger partial charge in [0.05, 0.1) is 0 Å². The minimum absolute atomic E-state index is 0.343. The Kier molecular flexibility index (Phi) is 3.51. The van der Waals surface area contributed by atoms with Crippen LogP contribution in [0.15, 0.2) is 36.4 Å². The van der Waals surface area contributed by atoms with E-state index in [0.717, 1.165) is 44.0 Å². The lowest BCUT2D eigenvalue weighted by atomic mass is 9.93. The van der Waals surface area contributed by atoms with Gasteiger partial charge in [-0.25, -0.2) is 0 Å². The summed E-state index contributed by atoms with van der Waals surface area (Å²) in [4.78, 5) is 2.51. The molecule has 3 heteroatoms. The third kappa shape index (κ3) is 2.46. The Bertz CT molecular complexity index is 696. The summed E-state index contributed by atoms with van der Waals surface area (Å²) in [6, 6.07) is 13.0. The first-order valence-corrected chi connectivity index (χ1v) is 8.04. The van der Waals surface area contributed by atoms with Gasteiger partial charge in [0, 0.05) is 19.6 Å². The van der Waals surface area contributed by atoms with E-state index in [9.17, 15) is 0 Å². The van der Waals surface area contributed by atoms with Crippen molar-refractivity contribution in [3.05, 3.63) is 58.7 Å². The second kappa shape index (κ2) is 5.65. The number of aryl methyl sites for hydroxylation is 1. The molecule has 0 N–H and O–H groups in total. The molecule has 0 unspecified atom stereocenters. The summed E-state index contributed by atoms with van der Waals surface area (Å²) < 4.78 is 10.9. The van der Waals surface area contributed by atoms with Crippen LogP contribution in [0.2, 0.25) is 0 Å². The molecule has 0 spiro atoms. The van der Waals surface area contributed by atoms with Gasteiger partial charge in [-0.15, -0.1) is 0 Å². The van der Waals surface area contributed by atoms with Crippen LogP contribution < -0.4 is 9.47 Å². The van der Waals surface area contributed by atoms with Crippen molar-refractivity contribution in [3.63, 3.8) is 0 Å². The van der Waals surface area contributed by atoms with Gasteiger partial charge in [0.15, 0.2) is 11.5 Å². The van der Waals surface area contributed by atoms with E-state index < -0.39 is 0 Å². The van der Waals surface area contributed by atoms with Crippen LogP contribution >= 0.6 is 0 Å². The first kappa shape index (κ1) is 13.6. The zero-order valence-electron chi connectivity index (χ0n) is 13.0. The second-order valence-corrected chi connectivity index (χ2v) is 6.06. The summed E-state index contributed by atoms with van der Waals surface area (Å²) in [5, 5.41) is 0. The third-order valence-corrected chi connectivity index (χ3v) is 4.67. The number of benzene rings is 2. The molecule has 2 aromatic rings. The van der Waals surface area contributed by atoms with Crippen molar-refractivity contribution in [2.45, 2.75) is 32.9 Å². The van der Waals surface area contributed by atoms with Gasteiger partial charge in [0.2, 0.25) is 6.79 Å². The molecular formula is C19H21NO2. The lowest BCUT2D eigenvalue weighted by molar-refractivity contribution is 0.174. The molecule has 0 aromatic heterocycles. The monoisotopic (exact) mass is 295 g/mol. The largest absolute Gasteiger partial charge is 0.454 e. The second-order valence-electron chi connectivity index (χ2n) is 6.06. The fourth-order valence-electron chi connectivity index (χ4n) is 3.51. The van der Waals surface area contributed by atoms with E-state index in [4.69, 9.17) is 9.47 Å². The maximum absolute atomic E-state index is 5.47. The van der Waals surface area contributed by atoms with Crippen molar-refractivity contribution in [1.82, 2.24) is 4.90 Å². The molecule has 2 aliphatic rings. The highest BCUT2D eigenvalue weighted by atomic mass is 16.7. The SMILES string of the molecule is CCc1cccc2c1CCN(Cc1ccc3c(c1)OCO3)C2. The highest BCUT2D eigenvalue weighted by Gasteiger charge is 2.19. The lowest BCUT2D eigenvalue weighted by Gasteiger charge is -2.30. The fraction of sp³-hybridized carbons (Fsp3) is 0.368. The zero-order valence-corrected chi connectivity index (χ0v) is 13.0. The van der Waals surface area contributed by atoms with Gasteiger partial charge >= 0.3 is 0 Å². The Hall–Kier alpha value is -2.00. The van der Waals surface area contributed by atoms with Gasteiger partial charge in [-0.2, -0.15) is 0 Å². The minimum atomic E-state index is 0.343. The average molecular weight is 295 g/mol. The van der Waals surface area contributed by atoms with Crippen molar-refractivity contribution in [2.75, 3.05) is 13.3 Å². The van der Waals surface area contributed by atoms with E-state index in [1.807, 2.05) is 6.07 Å². The number of fused-ring (bicyclic) bond motifs is 2. The zero-order chi connectivity index (χ0) is 14.9. The first-order chi connectivity index (χ1) is 10.8. The number of hydrogen-bond donors (Lipinski definition) is 0. The molecule has 0 saturated carbocycles. The summed E-state index contributed by atoms with van der Waals surface area (Å²) in [5.41, 5.74) is 5.87. The third-order valence-electron chi connectivity index (χ3n) is 4.67. The Morgan fingerprint density at radius 1 is 1.09 bits per heavy atom. The molecule has 0 atom stereocenters. The van der Waals surface area contributed by atoms with Crippen LogP contribution in [0.25, 0.3) is 0 Å². The van der Waals surface area contributed by atoms with Crippen LogP contribution in [0.1, 0.15) is 29.2 Å². The van der Waals surface area contributed by atoms with E-state index in [0.29, 0.717) is 6.79 Å². The first-order valence-electron chi connectivity index (χ1n) is 8.04. The summed E-state index contributed by atoms with van der Waals surface area (Å²) in [7, 11) is 0. The predicted octanol–water partition coefficient (Wildman–Crippen LogP) is 3.54. The summed E-state index contributed by atoms with van der Waals surface area (Å²) in [5.74, 6) is 1.74. The van der Waals surface area contributed by atoms with Gasteiger partial charge in [-0.1, -0.05) is 31.2 Å². The fourth-order valence-corrected chi connectivity index (χ4v) is 3.51. The molecule has 0 amide bonds. The lowest BCUT2D eigenvalue weighted by Crippen LogP contribution is -2.30.